The van der Waals surface area contributed by atoms with Crippen molar-refractivity contribution in [2.75, 3.05) is 32.7 Å². The number of rotatable bonds is 10. The van der Waals surface area contributed by atoms with Crippen molar-refractivity contribution in [3.8, 4) is 0 Å². The second-order valence-electron chi connectivity index (χ2n) is 6.89. The highest BCUT2D eigenvalue weighted by molar-refractivity contribution is 5.79. The van der Waals surface area contributed by atoms with E-state index in [1.54, 1.807) is 12.1 Å². The molecule has 2 rings (SSSR count). The first-order valence-corrected chi connectivity index (χ1v) is 10.1. The molecule has 1 amide bonds. The van der Waals surface area contributed by atoms with Crippen molar-refractivity contribution in [1.29, 1.82) is 0 Å². The fourth-order valence-corrected chi connectivity index (χ4v) is 3.25. The molecule has 1 saturated heterocycles. The largest absolute Gasteiger partial charge is 0.357 e. The van der Waals surface area contributed by atoms with Crippen LogP contribution in [0.5, 0.6) is 0 Å². The number of nitrogens with zero attached hydrogens (tertiary/aromatic N) is 3. The zero-order valence-corrected chi connectivity index (χ0v) is 16.7. The van der Waals surface area contributed by atoms with E-state index in [0.717, 1.165) is 70.1 Å². The Morgan fingerprint density at radius 1 is 1.15 bits per heavy atom. The van der Waals surface area contributed by atoms with E-state index in [1.165, 1.54) is 0 Å². The van der Waals surface area contributed by atoms with Gasteiger partial charge in [0.25, 0.3) is 5.56 Å². The Bertz CT molecular complexity index is 683. The minimum atomic E-state index is 0.0642. The number of aliphatic imine (C=N–C) groups is 1. The van der Waals surface area contributed by atoms with Gasteiger partial charge in [-0.25, -0.2) is 0 Å². The molecule has 2 N–H and O–H groups in total. The Kier molecular flexibility index (Phi) is 8.87. The number of carbonyl (C=O) groups excluding carboxylic acids is 1. The molecule has 0 aromatic carbocycles. The molecule has 1 fully saturated rings. The van der Waals surface area contributed by atoms with Gasteiger partial charge in [-0.15, -0.1) is 0 Å². The van der Waals surface area contributed by atoms with Crippen molar-refractivity contribution < 1.29 is 4.79 Å². The van der Waals surface area contributed by atoms with Crippen LogP contribution in [-0.2, 0) is 11.3 Å². The summed E-state index contributed by atoms with van der Waals surface area (Å²) in [6, 6.07) is 5.37. The minimum Gasteiger partial charge on any atom is -0.357 e. The predicted molar refractivity (Wildman–Crippen MR) is 109 cm³/mol. The van der Waals surface area contributed by atoms with Crippen LogP contribution in [0, 0.1) is 6.92 Å². The lowest BCUT2D eigenvalue weighted by atomic mass is 10.3. The van der Waals surface area contributed by atoms with Crippen LogP contribution >= 0.6 is 0 Å². The number of guanidine groups is 1. The van der Waals surface area contributed by atoms with E-state index in [-0.39, 0.29) is 11.5 Å². The lowest BCUT2D eigenvalue weighted by Gasteiger charge is -2.15. The van der Waals surface area contributed by atoms with E-state index in [4.69, 9.17) is 0 Å². The van der Waals surface area contributed by atoms with Gasteiger partial charge in [-0.05, 0) is 45.6 Å². The highest BCUT2D eigenvalue weighted by atomic mass is 16.2. The first kappa shape index (κ1) is 21.0. The van der Waals surface area contributed by atoms with Crippen molar-refractivity contribution >= 4 is 11.9 Å². The average molecular weight is 376 g/mol. The van der Waals surface area contributed by atoms with Crippen LogP contribution in [0.25, 0.3) is 0 Å². The monoisotopic (exact) mass is 375 g/mol. The van der Waals surface area contributed by atoms with E-state index in [9.17, 15) is 9.59 Å². The zero-order valence-electron chi connectivity index (χ0n) is 16.7. The molecule has 1 aliphatic rings. The summed E-state index contributed by atoms with van der Waals surface area (Å²) in [6.07, 6.45) is 4.48. The summed E-state index contributed by atoms with van der Waals surface area (Å²) in [5.41, 5.74) is 1.07. The van der Waals surface area contributed by atoms with Gasteiger partial charge < -0.3 is 20.1 Å². The maximum atomic E-state index is 11.9. The fourth-order valence-electron chi connectivity index (χ4n) is 3.25. The van der Waals surface area contributed by atoms with Crippen molar-refractivity contribution in [1.82, 2.24) is 20.1 Å². The molecule has 1 aliphatic heterocycles. The highest BCUT2D eigenvalue weighted by Crippen LogP contribution is 2.09. The third kappa shape index (κ3) is 7.07. The third-order valence-corrected chi connectivity index (χ3v) is 4.74. The first-order valence-electron chi connectivity index (χ1n) is 10.1. The molecule has 0 saturated carbocycles. The summed E-state index contributed by atoms with van der Waals surface area (Å²) in [6.45, 7) is 8.78. The van der Waals surface area contributed by atoms with Gasteiger partial charge in [0.2, 0.25) is 5.91 Å². The maximum Gasteiger partial charge on any atom is 0.250 e. The number of hydrogen-bond donors (Lipinski definition) is 2. The summed E-state index contributed by atoms with van der Waals surface area (Å²) in [5, 5.41) is 6.59. The number of pyridine rings is 1. The Balaban J connectivity index is 1.66. The topological polar surface area (TPSA) is 78.7 Å². The van der Waals surface area contributed by atoms with Gasteiger partial charge in [0.1, 0.15) is 0 Å². The molecule has 2 heterocycles. The Labute approximate surface area is 161 Å². The molecule has 0 spiro atoms. The number of hydrogen-bond acceptors (Lipinski definition) is 3. The van der Waals surface area contributed by atoms with E-state index < -0.39 is 0 Å². The van der Waals surface area contributed by atoms with Gasteiger partial charge in [-0.1, -0.05) is 6.07 Å². The summed E-state index contributed by atoms with van der Waals surface area (Å²) in [5.74, 6) is 1.09. The molecule has 1 aromatic rings. The highest BCUT2D eigenvalue weighted by Gasteiger charge is 2.18. The molecule has 7 nitrogen and oxygen atoms in total. The lowest BCUT2D eigenvalue weighted by Crippen LogP contribution is -2.38. The summed E-state index contributed by atoms with van der Waals surface area (Å²) >= 11 is 0. The SMILES string of the molecule is CCNC(=NCCCN1CCCC1=O)NCCCCn1c(C)cccc1=O. The van der Waals surface area contributed by atoms with Crippen LogP contribution < -0.4 is 16.2 Å². The summed E-state index contributed by atoms with van der Waals surface area (Å²) in [7, 11) is 0. The maximum absolute atomic E-state index is 11.9. The van der Waals surface area contributed by atoms with Gasteiger partial charge in [0, 0.05) is 57.4 Å². The molecular weight excluding hydrogens is 342 g/mol. The van der Waals surface area contributed by atoms with E-state index in [0.29, 0.717) is 13.0 Å². The number of carbonyl (C=O) groups is 1. The number of aryl methyl sites for hydroxylation is 1. The van der Waals surface area contributed by atoms with Crippen LogP contribution in [-0.4, -0.2) is 54.1 Å². The number of unbranched alkanes of at least 4 members (excludes halogenated alkanes) is 1. The van der Waals surface area contributed by atoms with Crippen LogP contribution in [0.3, 0.4) is 0 Å². The first-order chi connectivity index (χ1) is 13.1. The van der Waals surface area contributed by atoms with Crippen LogP contribution in [0.4, 0.5) is 0 Å². The summed E-state index contributed by atoms with van der Waals surface area (Å²) < 4.78 is 1.82. The molecule has 0 bridgehead atoms. The molecule has 0 unspecified atom stereocenters. The predicted octanol–water partition coefficient (Wildman–Crippen LogP) is 1.50. The second-order valence-corrected chi connectivity index (χ2v) is 6.89. The Morgan fingerprint density at radius 3 is 2.70 bits per heavy atom. The molecule has 0 aliphatic carbocycles. The normalized spacial score (nSPS) is 14.7. The Morgan fingerprint density at radius 2 is 2.00 bits per heavy atom. The van der Waals surface area contributed by atoms with Crippen LogP contribution in [0.2, 0.25) is 0 Å². The molecule has 0 radical (unpaired) electrons. The number of likely N-dealkylation sites (tertiary alicyclic amines) is 1. The summed E-state index contributed by atoms with van der Waals surface area (Å²) in [4.78, 5) is 30.0. The van der Waals surface area contributed by atoms with Gasteiger partial charge in [-0.2, -0.15) is 0 Å². The molecular formula is C20H33N5O2. The number of aromatic nitrogens is 1. The molecule has 1 aromatic heterocycles. The van der Waals surface area contributed by atoms with Gasteiger partial charge >= 0.3 is 0 Å². The molecule has 7 heteroatoms. The lowest BCUT2D eigenvalue weighted by molar-refractivity contribution is -0.127. The number of amides is 1. The quantitative estimate of drug-likeness (QED) is 0.369. The minimum absolute atomic E-state index is 0.0642. The van der Waals surface area contributed by atoms with Gasteiger partial charge in [0.15, 0.2) is 5.96 Å². The average Bonchev–Trinajstić information content (AvgIpc) is 3.05. The van der Waals surface area contributed by atoms with Gasteiger partial charge in [-0.3, -0.25) is 14.6 Å². The van der Waals surface area contributed by atoms with E-state index in [2.05, 4.69) is 15.6 Å². The van der Waals surface area contributed by atoms with Crippen molar-refractivity contribution in [3.05, 3.63) is 34.2 Å². The third-order valence-electron chi connectivity index (χ3n) is 4.74. The standard InChI is InChI=1S/C20H33N5O2/c1-3-21-20(23-13-8-15-24-14-7-11-18(24)26)22-12-4-5-16-25-17(2)9-6-10-19(25)27/h6,9-10H,3-5,7-8,11-16H2,1-2H3,(H2,21,22,23). The van der Waals surface area contributed by atoms with Crippen molar-refractivity contribution in [2.45, 2.75) is 52.5 Å². The van der Waals surface area contributed by atoms with E-state index >= 15 is 0 Å². The molecule has 27 heavy (non-hydrogen) atoms. The van der Waals surface area contributed by atoms with Crippen LogP contribution in [0.1, 0.15) is 44.7 Å². The van der Waals surface area contributed by atoms with Crippen molar-refractivity contribution in [3.63, 3.8) is 0 Å². The second kappa shape index (κ2) is 11.4. The number of nitrogens with one attached hydrogen (secondary N) is 2. The zero-order chi connectivity index (χ0) is 19.5. The van der Waals surface area contributed by atoms with E-state index in [1.807, 2.05) is 29.4 Å². The fraction of sp³-hybridized carbons (Fsp3) is 0.650. The van der Waals surface area contributed by atoms with Crippen LogP contribution in [0.15, 0.2) is 28.0 Å². The van der Waals surface area contributed by atoms with Gasteiger partial charge in [0.05, 0.1) is 0 Å². The van der Waals surface area contributed by atoms with Crippen molar-refractivity contribution in [2.24, 2.45) is 4.99 Å². The molecule has 0 atom stereocenters. The Hall–Kier alpha value is -2.31. The molecule has 150 valence electrons. The smallest absolute Gasteiger partial charge is 0.250 e.